The number of halogens is 2. The molecule has 3 aromatic rings. The summed E-state index contributed by atoms with van der Waals surface area (Å²) in [6, 6.07) is 10.1. The fourth-order valence-electron chi connectivity index (χ4n) is 3.48. The van der Waals surface area contributed by atoms with Crippen LogP contribution in [0.5, 0.6) is 0 Å². The number of amides is 1. The topological polar surface area (TPSA) is 63.1 Å². The zero-order chi connectivity index (χ0) is 19.5. The van der Waals surface area contributed by atoms with Crippen LogP contribution in [0.3, 0.4) is 0 Å². The Morgan fingerprint density at radius 2 is 2.24 bits per heavy atom. The monoisotopic (exact) mass is 435 g/mol. The molecule has 1 N–H and O–H groups in total. The lowest BCUT2D eigenvalue weighted by Gasteiger charge is -2.26. The molecule has 0 bridgehead atoms. The lowest BCUT2D eigenvalue weighted by Crippen LogP contribution is -2.42. The highest BCUT2D eigenvalue weighted by Crippen LogP contribution is 2.26. The van der Waals surface area contributed by atoms with Gasteiger partial charge < -0.3 is 10.2 Å². The number of rotatable bonds is 6. The molecule has 0 aliphatic carbocycles. The molecule has 1 unspecified atom stereocenters. The average Bonchev–Trinajstić information content (AvgIpc) is 3.46. The third kappa shape index (κ3) is 4.49. The lowest BCUT2D eigenvalue weighted by molar-refractivity contribution is 0.0679. The van der Waals surface area contributed by atoms with Gasteiger partial charge in [-0.2, -0.15) is 0 Å². The fraction of sp³-hybridized carbons (Fsp3) is 0.350. The van der Waals surface area contributed by atoms with Gasteiger partial charge in [0.05, 0.1) is 10.6 Å². The first kappa shape index (κ1) is 21.4. The van der Waals surface area contributed by atoms with Crippen LogP contribution in [0.25, 0.3) is 16.4 Å². The average molecular weight is 436 g/mol. The first-order valence-corrected chi connectivity index (χ1v) is 10.3. The number of nitrogens with one attached hydrogen (secondary N) is 1. The van der Waals surface area contributed by atoms with E-state index in [2.05, 4.69) is 22.3 Å². The Kier molecular flexibility index (Phi) is 7.00. The van der Waals surface area contributed by atoms with Gasteiger partial charge in [-0.3, -0.25) is 4.79 Å². The smallest absolute Gasteiger partial charge is 0.293 e. The molecule has 6 nitrogen and oxygen atoms in total. The number of benzene rings is 1. The highest BCUT2D eigenvalue weighted by atomic mass is 35.5. The Bertz CT molecular complexity index is 956. The molecule has 3 heterocycles. The zero-order valence-electron chi connectivity index (χ0n) is 16.0. The molecular formula is C20H23ClFN5OS. The van der Waals surface area contributed by atoms with Crippen LogP contribution in [-0.2, 0) is 0 Å². The number of hydrogen-bond acceptors (Lipinski definition) is 5. The highest BCUT2D eigenvalue weighted by molar-refractivity contribution is 7.13. The van der Waals surface area contributed by atoms with E-state index in [1.54, 1.807) is 16.8 Å². The van der Waals surface area contributed by atoms with Gasteiger partial charge in [-0.1, -0.05) is 19.1 Å². The Balaban J connectivity index is 0.00000240. The number of carbonyl (C=O) groups is 1. The number of hydrogen-bond donors (Lipinski definition) is 1. The van der Waals surface area contributed by atoms with Gasteiger partial charge in [-0.15, -0.1) is 28.8 Å². The van der Waals surface area contributed by atoms with Gasteiger partial charge in [0.25, 0.3) is 5.91 Å². The van der Waals surface area contributed by atoms with Gasteiger partial charge in [-0.05, 0) is 49.0 Å². The summed E-state index contributed by atoms with van der Waals surface area (Å²) in [7, 11) is 0. The molecule has 1 saturated heterocycles. The van der Waals surface area contributed by atoms with Crippen molar-refractivity contribution in [1.82, 2.24) is 25.0 Å². The Labute approximate surface area is 179 Å². The largest absolute Gasteiger partial charge is 0.332 e. The predicted octanol–water partition coefficient (Wildman–Crippen LogP) is 3.77. The second-order valence-corrected chi connectivity index (χ2v) is 7.72. The molecule has 1 atom stereocenters. The molecule has 1 fully saturated rings. The summed E-state index contributed by atoms with van der Waals surface area (Å²) in [5.74, 6) is 0.157. The molecule has 0 spiro atoms. The molecule has 29 heavy (non-hydrogen) atoms. The maximum Gasteiger partial charge on any atom is 0.293 e. The fourth-order valence-corrected chi connectivity index (χ4v) is 4.18. The van der Waals surface area contributed by atoms with Crippen molar-refractivity contribution >= 4 is 29.7 Å². The lowest BCUT2D eigenvalue weighted by atomic mass is 10.2. The van der Waals surface area contributed by atoms with Crippen molar-refractivity contribution < 1.29 is 9.18 Å². The first-order chi connectivity index (χ1) is 13.7. The van der Waals surface area contributed by atoms with Crippen LogP contribution in [0.1, 0.15) is 30.4 Å². The third-order valence-electron chi connectivity index (χ3n) is 4.79. The molecule has 1 aliphatic rings. The normalized spacial score (nSPS) is 15.9. The molecule has 1 aliphatic heterocycles. The number of thiophene rings is 1. The molecular weight excluding hydrogens is 413 g/mol. The third-order valence-corrected chi connectivity index (χ3v) is 5.66. The maximum absolute atomic E-state index is 13.8. The second kappa shape index (κ2) is 9.47. The molecule has 1 aromatic carbocycles. The van der Waals surface area contributed by atoms with E-state index in [4.69, 9.17) is 0 Å². The van der Waals surface area contributed by atoms with Gasteiger partial charge >= 0.3 is 0 Å². The van der Waals surface area contributed by atoms with E-state index in [-0.39, 0.29) is 36.0 Å². The summed E-state index contributed by atoms with van der Waals surface area (Å²) in [6.07, 6.45) is 1.79. The summed E-state index contributed by atoms with van der Waals surface area (Å²) in [4.78, 5) is 20.5. The summed E-state index contributed by atoms with van der Waals surface area (Å²) >= 11 is 1.51. The minimum absolute atomic E-state index is 0. The summed E-state index contributed by atoms with van der Waals surface area (Å²) in [5.41, 5.74) is 0.541. The van der Waals surface area contributed by atoms with Crippen LogP contribution >= 0.6 is 23.7 Å². The van der Waals surface area contributed by atoms with Crippen molar-refractivity contribution in [1.29, 1.82) is 0 Å². The predicted molar refractivity (Wildman–Crippen MR) is 114 cm³/mol. The van der Waals surface area contributed by atoms with Gasteiger partial charge in [-0.25, -0.2) is 14.1 Å². The Morgan fingerprint density at radius 3 is 2.90 bits per heavy atom. The van der Waals surface area contributed by atoms with Crippen LogP contribution in [0, 0.1) is 5.82 Å². The maximum atomic E-state index is 13.8. The van der Waals surface area contributed by atoms with Crippen LogP contribution < -0.4 is 5.32 Å². The molecule has 2 aromatic heterocycles. The number of aromatic nitrogens is 3. The molecule has 0 saturated carbocycles. The van der Waals surface area contributed by atoms with E-state index >= 15 is 0 Å². The summed E-state index contributed by atoms with van der Waals surface area (Å²) in [6.45, 7) is 4.41. The van der Waals surface area contributed by atoms with Gasteiger partial charge in [0.1, 0.15) is 5.82 Å². The highest BCUT2D eigenvalue weighted by Gasteiger charge is 2.30. The number of nitrogens with zero attached hydrogens (tertiary/aromatic N) is 4. The van der Waals surface area contributed by atoms with E-state index < -0.39 is 0 Å². The van der Waals surface area contributed by atoms with Crippen molar-refractivity contribution in [3.05, 3.63) is 53.4 Å². The molecule has 154 valence electrons. The van der Waals surface area contributed by atoms with Gasteiger partial charge in [0.15, 0.2) is 5.82 Å². The van der Waals surface area contributed by atoms with Crippen molar-refractivity contribution in [3.63, 3.8) is 0 Å². The van der Waals surface area contributed by atoms with Gasteiger partial charge in [0.2, 0.25) is 5.82 Å². The molecule has 1 amide bonds. The van der Waals surface area contributed by atoms with Crippen LogP contribution in [0.15, 0.2) is 41.8 Å². The van der Waals surface area contributed by atoms with Crippen molar-refractivity contribution in [2.45, 2.75) is 25.8 Å². The Morgan fingerprint density at radius 1 is 1.38 bits per heavy atom. The summed E-state index contributed by atoms with van der Waals surface area (Å²) < 4.78 is 15.3. The van der Waals surface area contributed by atoms with Crippen LogP contribution in [0.4, 0.5) is 4.39 Å². The van der Waals surface area contributed by atoms with Crippen LogP contribution in [-0.4, -0.2) is 51.2 Å². The van der Waals surface area contributed by atoms with Gasteiger partial charge in [0, 0.05) is 19.1 Å². The van der Waals surface area contributed by atoms with E-state index in [0.29, 0.717) is 18.1 Å². The summed E-state index contributed by atoms with van der Waals surface area (Å²) in [5, 5.41) is 9.73. The van der Waals surface area contributed by atoms with E-state index in [1.165, 1.54) is 23.5 Å². The second-order valence-electron chi connectivity index (χ2n) is 6.77. The molecule has 4 rings (SSSR count). The molecule has 0 radical (unpaired) electrons. The number of carbonyl (C=O) groups excluding carboxylic acids is 1. The minimum atomic E-state index is -0.359. The minimum Gasteiger partial charge on any atom is -0.332 e. The quantitative estimate of drug-likeness (QED) is 0.640. The van der Waals surface area contributed by atoms with E-state index in [0.717, 1.165) is 30.8 Å². The van der Waals surface area contributed by atoms with Crippen molar-refractivity contribution in [3.8, 4) is 16.4 Å². The first-order valence-electron chi connectivity index (χ1n) is 9.46. The zero-order valence-corrected chi connectivity index (χ0v) is 17.7. The van der Waals surface area contributed by atoms with E-state index in [1.807, 2.05) is 22.4 Å². The van der Waals surface area contributed by atoms with E-state index in [9.17, 15) is 9.18 Å². The standard InChI is InChI=1S/C20H22FN5OS.ClH/c1-2-10-25(16-8-9-22-13-16)20(27)18-23-19(17-7-4-11-28-17)26(24-18)15-6-3-5-14(21)12-15;/h3-7,11-12,16,22H,2,8-10,13H2,1H3;1H. The Hall–Kier alpha value is -2.29. The van der Waals surface area contributed by atoms with Crippen molar-refractivity contribution in [2.75, 3.05) is 19.6 Å². The van der Waals surface area contributed by atoms with Crippen molar-refractivity contribution in [2.24, 2.45) is 0 Å². The van der Waals surface area contributed by atoms with Crippen LogP contribution in [0.2, 0.25) is 0 Å². The molecule has 9 heteroatoms. The SMILES string of the molecule is CCCN(C(=O)c1nc(-c2cccs2)n(-c2cccc(F)c2)n1)C1CCNC1.Cl.